The van der Waals surface area contributed by atoms with Gasteiger partial charge in [-0.15, -0.1) is 0 Å². The average Bonchev–Trinajstić information content (AvgIpc) is 3.16. The third-order valence-corrected chi connectivity index (χ3v) is 6.35. The van der Waals surface area contributed by atoms with Crippen LogP contribution in [0.4, 0.5) is 0 Å². The van der Waals surface area contributed by atoms with Crippen molar-refractivity contribution in [1.82, 2.24) is 14.6 Å². The molecule has 1 aliphatic rings. The molecule has 25 heavy (non-hydrogen) atoms. The van der Waals surface area contributed by atoms with Crippen molar-refractivity contribution in [3.05, 3.63) is 59.4 Å². The Hall–Kier alpha value is -2.25. The molecule has 0 atom stereocenters. The number of amides is 1. The van der Waals surface area contributed by atoms with Gasteiger partial charge in [-0.05, 0) is 49.1 Å². The number of rotatable bonds is 5. The lowest BCUT2D eigenvalue weighted by atomic mass is 10.1. The normalized spacial score (nSPS) is 15.2. The Morgan fingerprint density at radius 2 is 2.00 bits per heavy atom. The number of carbonyl (C=O) groups excluding carboxylic acids is 1. The van der Waals surface area contributed by atoms with Gasteiger partial charge in [0.15, 0.2) is 0 Å². The van der Waals surface area contributed by atoms with Crippen LogP contribution in [0.2, 0.25) is 0 Å². The minimum Gasteiger partial charge on any atom is -0.348 e. The van der Waals surface area contributed by atoms with E-state index < -0.39 is 10.0 Å². The molecular formula is C18H21N3O3S. The fraction of sp³-hybridized carbons (Fsp3) is 0.333. The Morgan fingerprint density at radius 3 is 2.68 bits per heavy atom. The van der Waals surface area contributed by atoms with E-state index in [9.17, 15) is 13.2 Å². The second-order valence-electron chi connectivity index (χ2n) is 6.14. The summed E-state index contributed by atoms with van der Waals surface area (Å²) in [6.07, 6.45) is 5.10. The van der Waals surface area contributed by atoms with Gasteiger partial charge in [-0.25, -0.2) is 8.42 Å². The van der Waals surface area contributed by atoms with E-state index in [0.29, 0.717) is 30.8 Å². The quantitative estimate of drug-likeness (QED) is 0.887. The molecule has 0 radical (unpaired) electrons. The van der Waals surface area contributed by atoms with Gasteiger partial charge in [-0.1, -0.05) is 12.1 Å². The predicted octanol–water partition coefficient (Wildman–Crippen LogP) is 2.10. The number of benzene rings is 1. The molecule has 0 aliphatic carbocycles. The van der Waals surface area contributed by atoms with E-state index in [1.807, 2.05) is 6.07 Å². The SMILES string of the molecule is Cc1ccc(C(=O)NCc2cccnc2)cc1S(=O)(=O)N1CCCC1. The topological polar surface area (TPSA) is 79.4 Å². The van der Waals surface area contributed by atoms with Crippen LogP contribution in [0.3, 0.4) is 0 Å². The lowest BCUT2D eigenvalue weighted by Crippen LogP contribution is -2.29. The Balaban J connectivity index is 1.80. The maximum atomic E-state index is 12.8. The molecule has 1 fully saturated rings. The maximum absolute atomic E-state index is 12.8. The molecule has 0 spiro atoms. The van der Waals surface area contributed by atoms with Gasteiger partial charge in [0, 0.05) is 37.6 Å². The fourth-order valence-corrected chi connectivity index (χ4v) is 4.64. The molecule has 0 bridgehead atoms. The highest BCUT2D eigenvalue weighted by Gasteiger charge is 2.29. The molecule has 132 valence electrons. The Morgan fingerprint density at radius 1 is 1.24 bits per heavy atom. The summed E-state index contributed by atoms with van der Waals surface area (Å²) in [4.78, 5) is 16.6. The molecule has 2 heterocycles. The molecule has 1 saturated heterocycles. The number of hydrogen-bond donors (Lipinski definition) is 1. The van der Waals surface area contributed by atoms with Crippen LogP contribution in [0.1, 0.15) is 34.3 Å². The molecule has 2 aromatic rings. The maximum Gasteiger partial charge on any atom is 0.251 e. The fourth-order valence-electron chi connectivity index (χ4n) is 2.87. The standard InChI is InChI=1S/C18H21N3O3S/c1-14-6-7-16(18(22)20-13-15-5-4-8-19-12-15)11-17(14)25(23,24)21-9-2-3-10-21/h4-8,11-12H,2-3,9-10,13H2,1H3,(H,20,22). The molecule has 6 nitrogen and oxygen atoms in total. The summed E-state index contributed by atoms with van der Waals surface area (Å²) in [6.45, 7) is 3.17. The third kappa shape index (κ3) is 3.88. The molecule has 1 N–H and O–H groups in total. The molecule has 0 saturated carbocycles. The van der Waals surface area contributed by atoms with Crippen molar-refractivity contribution in [3.8, 4) is 0 Å². The van der Waals surface area contributed by atoms with Gasteiger partial charge in [0.1, 0.15) is 0 Å². The summed E-state index contributed by atoms with van der Waals surface area (Å²) in [6, 6.07) is 8.47. The van der Waals surface area contributed by atoms with E-state index in [1.165, 1.54) is 10.4 Å². The molecule has 1 aromatic carbocycles. The van der Waals surface area contributed by atoms with Crippen LogP contribution in [0.5, 0.6) is 0 Å². The van der Waals surface area contributed by atoms with E-state index in [2.05, 4.69) is 10.3 Å². The minimum absolute atomic E-state index is 0.212. The van der Waals surface area contributed by atoms with Gasteiger partial charge in [0.05, 0.1) is 4.90 Å². The average molecular weight is 359 g/mol. The highest BCUT2D eigenvalue weighted by Crippen LogP contribution is 2.24. The number of aryl methyl sites for hydroxylation is 1. The molecule has 3 rings (SSSR count). The molecule has 1 amide bonds. The number of sulfonamides is 1. The summed E-state index contributed by atoms with van der Waals surface area (Å²) in [5.74, 6) is -0.304. The van der Waals surface area contributed by atoms with Crippen LogP contribution < -0.4 is 5.32 Å². The van der Waals surface area contributed by atoms with Crippen LogP contribution in [0.25, 0.3) is 0 Å². The number of aromatic nitrogens is 1. The number of hydrogen-bond acceptors (Lipinski definition) is 4. The largest absolute Gasteiger partial charge is 0.348 e. The van der Waals surface area contributed by atoms with E-state index in [0.717, 1.165) is 18.4 Å². The zero-order chi connectivity index (χ0) is 17.9. The molecule has 7 heteroatoms. The third-order valence-electron chi connectivity index (χ3n) is 4.31. The van der Waals surface area contributed by atoms with Crippen LogP contribution in [0, 0.1) is 6.92 Å². The Bertz CT molecular complexity index is 860. The van der Waals surface area contributed by atoms with Crippen LogP contribution in [0.15, 0.2) is 47.6 Å². The summed E-state index contributed by atoms with van der Waals surface area (Å²) >= 11 is 0. The zero-order valence-corrected chi connectivity index (χ0v) is 14.9. The van der Waals surface area contributed by atoms with Gasteiger partial charge in [-0.3, -0.25) is 9.78 Å². The Kier molecular flexibility index (Phi) is 5.15. The zero-order valence-electron chi connectivity index (χ0n) is 14.1. The van der Waals surface area contributed by atoms with Crippen molar-refractivity contribution in [2.24, 2.45) is 0 Å². The first-order valence-corrected chi connectivity index (χ1v) is 9.70. The highest BCUT2D eigenvalue weighted by atomic mass is 32.2. The molecule has 1 aromatic heterocycles. The summed E-state index contributed by atoms with van der Waals surface area (Å²) in [7, 11) is -3.55. The van der Waals surface area contributed by atoms with Crippen molar-refractivity contribution in [3.63, 3.8) is 0 Å². The molecule has 1 aliphatic heterocycles. The lowest BCUT2D eigenvalue weighted by molar-refractivity contribution is 0.0950. The van der Waals surface area contributed by atoms with E-state index in [-0.39, 0.29) is 10.8 Å². The van der Waals surface area contributed by atoms with Gasteiger partial charge >= 0.3 is 0 Å². The van der Waals surface area contributed by atoms with Crippen LogP contribution in [-0.2, 0) is 16.6 Å². The molecule has 0 unspecified atom stereocenters. The van der Waals surface area contributed by atoms with Crippen LogP contribution in [-0.4, -0.2) is 36.7 Å². The minimum atomic E-state index is -3.55. The second kappa shape index (κ2) is 7.33. The van der Waals surface area contributed by atoms with Crippen molar-refractivity contribution >= 4 is 15.9 Å². The lowest BCUT2D eigenvalue weighted by Gasteiger charge is -2.17. The summed E-state index contributed by atoms with van der Waals surface area (Å²) < 4.78 is 27.1. The van der Waals surface area contributed by atoms with Crippen molar-refractivity contribution < 1.29 is 13.2 Å². The summed E-state index contributed by atoms with van der Waals surface area (Å²) in [5, 5.41) is 2.80. The highest BCUT2D eigenvalue weighted by molar-refractivity contribution is 7.89. The first-order chi connectivity index (χ1) is 12.0. The van der Waals surface area contributed by atoms with E-state index in [4.69, 9.17) is 0 Å². The number of carbonyl (C=O) groups is 1. The van der Waals surface area contributed by atoms with Crippen molar-refractivity contribution in [2.75, 3.05) is 13.1 Å². The molecular weight excluding hydrogens is 338 g/mol. The predicted molar refractivity (Wildman–Crippen MR) is 94.6 cm³/mol. The first kappa shape index (κ1) is 17.6. The van der Waals surface area contributed by atoms with Crippen molar-refractivity contribution in [1.29, 1.82) is 0 Å². The first-order valence-electron chi connectivity index (χ1n) is 8.26. The van der Waals surface area contributed by atoms with Gasteiger partial charge in [-0.2, -0.15) is 4.31 Å². The summed E-state index contributed by atoms with van der Waals surface area (Å²) in [5.41, 5.74) is 1.87. The van der Waals surface area contributed by atoms with E-state index >= 15 is 0 Å². The van der Waals surface area contributed by atoms with Crippen molar-refractivity contribution in [2.45, 2.75) is 31.2 Å². The van der Waals surface area contributed by atoms with Gasteiger partial charge in [0.25, 0.3) is 5.91 Å². The number of nitrogens with zero attached hydrogens (tertiary/aromatic N) is 2. The monoisotopic (exact) mass is 359 g/mol. The van der Waals surface area contributed by atoms with E-state index in [1.54, 1.807) is 37.5 Å². The second-order valence-corrected chi connectivity index (χ2v) is 8.04. The van der Waals surface area contributed by atoms with Gasteiger partial charge < -0.3 is 5.32 Å². The number of pyridine rings is 1. The Labute approximate surface area is 147 Å². The van der Waals surface area contributed by atoms with Gasteiger partial charge in [0.2, 0.25) is 10.0 Å². The van der Waals surface area contributed by atoms with Crippen LogP contribution >= 0.6 is 0 Å². The number of nitrogens with one attached hydrogen (secondary N) is 1. The smallest absolute Gasteiger partial charge is 0.251 e.